The highest BCUT2D eigenvalue weighted by molar-refractivity contribution is 9.10. The summed E-state index contributed by atoms with van der Waals surface area (Å²) >= 11 is 3.32. The summed E-state index contributed by atoms with van der Waals surface area (Å²) in [6.45, 7) is 6.32. The Hall–Kier alpha value is -2.61. The van der Waals surface area contributed by atoms with Crippen molar-refractivity contribution in [1.82, 2.24) is 9.97 Å². The van der Waals surface area contributed by atoms with E-state index in [-0.39, 0.29) is 17.2 Å². The Morgan fingerprint density at radius 3 is 2.14 bits per heavy atom. The van der Waals surface area contributed by atoms with Crippen molar-refractivity contribution in [2.45, 2.75) is 32.4 Å². The Bertz CT molecular complexity index is 996. The van der Waals surface area contributed by atoms with Crippen LogP contribution in [0.4, 0.5) is 36.3 Å². The number of hydrogen-bond donors (Lipinski definition) is 2. The van der Waals surface area contributed by atoms with Crippen LogP contribution in [0.5, 0.6) is 0 Å². The molecule has 0 bridgehead atoms. The largest absolute Gasteiger partial charge is 0.421 e. The number of hydrogen-bond acceptors (Lipinski definition) is 4. The number of alkyl halides is 3. The summed E-state index contributed by atoms with van der Waals surface area (Å²) in [7, 11) is 0. The summed E-state index contributed by atoms with van der Waals surface area (Å²) in [6.07, 6.45) is -3.81. The van der Waals surface area contributed by atoms with Crippen molar-refractivity contribution in [2.24, 2.45) is 0 Å². The van der Waals surface area contributed by atoms with Gasteiger partial charge in [-0.2, -0.15) is 18.2 Å². The van der Waals surface area contributed by atoms with E-state index in [1.807, 2.05) is 24.3 Å². The van der Waals surface area contributed by atoms with Crippen molar-refractivity contribution in [3.05, 3.63) is 70.3 Å². The lowest BCUT2D eigenvalue weighted by Gasteiger charge is -2.19. The van der Waals surface area contributed by atoms with Crippen molar-refractivity contribution in [3.63, 3.8) is 0 Å². The first-order valence-electron chi connectivity index (χ1n) is 8.87. The highest BCUT2D eigenvalue weighted by atomic mass is 79.9. The quantitative estimate of drug-likeness (QED) is 0.434. The number of nitrogens with one attached hydrogen (secondary N) is 2. The van der Waals surface area contributed by atoms with Crippen molar-refractivity contribution in [3.8, 4) is 0 Å². The van der Waals surface area contributed by atoms with Gasteiger partial charge in [-0.3, -0.25) is 0 Å². The van der Waals surface area contributed by atoms with Crippen LogP contribution in [0.2, 0.25) is 0 Å². The summed E-state index contributed by atoms with van der Waals surface area (Å²) in [6, 6.07) is 14.5. The zero-order valence-electron chi connectivity index (χ0n) is 16.1. The average molecular weight is 465 g/mol. The van der Waals surface area contributed by atoms with Gasteiger partial charge in [0.15, 0.2) is 0 Å². The van der Waals surface area contributed by atoms with Gasteiger partial charge >= 0.3 is 6.18 Å². The molecule has 0 atom stereocenters. The van der Waals surface area contributed by atoms with E-state index in [9.17, 15) is 13.2 Å². The molecule has 152 valence electrons. The van der Waals surface area contributed by atoms with Gasteiger partial charge < -0.3 is 10.6 Å². The predicted molar refractivity (Wildman–Crippen MR) is 113 cm³/mol. The molecule has 0 radical (unpaired) electrons. The molecule has 2 N–H and O–H groups in total. The van der Waals surface area contributed by atoms with Gasteiger partial charge in [0.25, 0.3) is 0 Å². The van der Waals surface area contributed by atoms with Crippen LogP contribution >= 0.6 is 15.9 Å². The van der Waals surface area contributed by atoms with E-state index >= 15 is 0 Å². The molecular formula is C21H20BrF3N4. The molecule has 0 spiro atoms. The monoisotopic (exact) mass is 464 g/mol. The zero-order valence-corrected chi connectivity index (χ0v) is 17.7. The topological polar surface area (TPSA) is 49.8 Å². The third-order valence-corrected chi connectivity index (χ3v) is 4.92. The van der Waals surface area contributed by atoms with E-state index in [0.717, 1.165) is 11.8 Å². The molecule has 2 aromatic carbocycles. The van der Waals surface area contributed by atoms with Gasteiger partial charge in [0.1, 0.15) is 11.4 Å². The lowest BCUT2D eigenvalue weighted by molar-refractivity contribution is -0.137. The number of nitrogens with zero attached hydrogens (tertiary/aromatic N) is 2. The summed E-state index contributed by atoms with van der Waals surface area (Å²) in [4.78, 5) is 7.91. The molecule has 0 unspecified atom stereocenters. The molecule has 0 aliphatic carbocycles. The van der Waals surface area contributed by atoms with Gasteiger partial charge in [-0.05, 0) is 51.2 Å². The van der Waals surface area contributed by atoms with Crippen LogP contribution in [0.15, 0.2) is 59.2 Å². The average Bonchev–Trinajstić information content (AvgIpc) is 2.62. The molecule has 8 heteroatoms. The van der Waals surface area contributed by atoms with Crippen LogP contribution in [0.3, 0.4) is 0 Å². The van der Waals surface area contributed by atoms with Gasteiger partial charge in [-0.25, -0.2) is 4.98 Å². The Morgan fingerprint density at radius 1 is 0.897 bits per heavy atom. The van der Waals surface area contributed by atoms with Gasteiger partial charge in [-0.15, -0.1) is 0 Å². The highest BCUT2D eigenvalue weighted by Crippen LogP contribution is 2.36. The first-order valence-corrected chi connectivity index (χ1v) is 9.67. The minimum Gasteiger partial charge on any atom is -0.339 e. The van der Waals surface area contributed by atoms with Crippen LogP contribution in [-0.4, -0.2) is 9.97 Å². The molecule has 3 aromatic rings. The Morgan fingerprint density at radius 2 is 1.55 bits per heavy atom. The van der Waals surface area contributed by atoms with Gasteiger partial charge in [0.05, 0.1) is 5.69 Å². The molecule has 0 aliphatic heterocycles. The number of benzene rings is 2. The Kier molecular flexibility index (Phi) is 5.84. The molecule has 1 heterocycles. The summed E-state index contributed by atoms with van der Waals surface area (Å²) in [5.41, 5.74) is 1.36. The second kappa shape index (κ2) is 8.02. The van der Waals surface area contributed by atoms with Crippen LogP contribution in [0.25, 0.3) is 0 Å². The third-order valence-electron chi connectivity index (χ3n) is 4.23. The van der Waals surface area contributed by atoms with E-state index in [2.05, 4.69) is 57.3 Å². The molecule has 0 amide bonds. The number of anilines is 4. The minimum atomic E-state index is -4.59. The SMILES string of the molecule is CC(C)(C)c1ccc(Nc2ncc(C(F)(F)F)c(Nc3ccccc3Br)n2)cc1. The first kappa shape index (κ1) is 21.1. The lowest BCUT2D eigenvalue weighted by atomic mass is 9.87. The fourth-order valence-electron chi connectivity index (χ4n) is 2.62. The third kappa shape index (κ3) is 5.26. The van der Waals surface area contributed by atoms with Crippen LogP contribution < -0.4 is 10.6 Å². The van der Waals surface area contributed by atoms with Crippen LogP contribution in [0, 0.1) is 0 Å². The number of halogens is 4. The molecule has 29 heavy (non-hydrogen) atoms. The zero-order chi connectivity index (χ0) is 21.2. The summed E-state index contributed by atoms with van der Waals surface area (Å²) in [5, 5.41) is 5.71. The standard InChI is InChI=1S/C21H20BrF3N4/c1-20(2,3)13-8-10-14(11-9-13)27-19-26-12-15(21(23,24)25)18(29-19)28-17-7-5-4-6-16(17)22/h4-12H,1-3H3,(H2,26,27,28,29). The fourth-order valence-corrected chi connectivity index (χ4v) is 3.00. The maximum Gasteiger partial charge on any atom is 0.421 e. The molecule has 0 saturated carbocycles. The molecule has 0 saturated heterocycles. The molecule has 1 aromatic heterocycles. The Balaban J connectivity index is 1.92. The van der Waals surface area contributed by atoms with E-state index in [1.165, 1.54) is 0 Å². The molecule has 0 fully saturated rings. The van der Waals surface area contributed by atoms with Gasteiger partial charge in [0, 0.05) is 16.4 Å². The lowest BCUT2D eigenvalue weighted by Crippen LogP contribution is -2.13. The second-order valence-electron chi connectivity index (χ2n) is 7.51. The summed E-state index contributed by atoms with van der Waals surface area (Å²) in [5.74, 6) is -0.260. The fraction of sp³-hybridized carbons (Fsp3) is 0.238. The second-order valence-corrected chi connectivity index (χ2v) is 8.37. The maximum absolute atomic E-state index is 13.4. The van der Waals surface area contributed by atoms with E-state index < -0.39 is 11.7 Å². The normalized spacial score (nSPS) is 12.0. The van der Waals surface area contributed by atoms with Gasteiger partial charge in [-0.1, -0.05) is 45.0 Å². The highest BCUT2D eigenvalue weighted by Gasteiger charge is 2.35. The molecule has 0 aliphatic rings. The van der Waals surface area contributed by atoms with Crippen molar-refractivity contribution in [1.29, 1.82) is 0 Å². The van der Waals surface area contributed by atoms with E-state index in [1.54, 1.807) is 24.3 Å². The Labute approximate surface area is 175 Å². The van der Waals surface area contributed by atoms with Crippen LogP contribution in [0.1, 0.15) is 31.9 Å². The number of para-hydroxylation sites is 1. The smallest absolute Gasteiger partial charge is 0.339 e. The van der Waals surface area contributed by atoms with Crippen molar-refractivity contribution < 1.29 is 13.2 Å². The number of rotatable bonds is 4. The first-order chi connectivity index (χ1) is 13.5. The predicted octanol–water partition coefficient (Wildman–Crippen LogP) is 7.04. The molecule has 3 rings (SSSR count). The molecule has 4 nitrogen and oxygen atoms in total. The number of aromatic nitrogens is 2. The summed E-state index contributed by atoms with van der Waals surface area (Å²) < 4.78 is 40.9. The van der Waals surface area contributed by atoms with Gasteiger partial charge in [0.2, 0.25) is 5.95 Å². The van der Waals surface area contributed by atoms with E-state index in [0.29, 0.717) is 15.8 Å². The van der Waals surface area contributed by atoms with Crippen LogP contribution in [-0.2, 0) is 11.6 Å². The molecular weight excluding hydrogens is 445 g/mol. The van der Waals surface area contributed by atoms with Crippen molar-refractivity contribution >= 4 is 39.1 Å². The van der Waals surface area contributed by atoms with E-state index in [4.69, 9.17) is 0 Å². The maximum atomic E-state index is 13.4. The minimum absolute atomic E-state index is 0.00352. The van der Waals surface area contributed by atoms with Crippen molar-refractivity contribution in [2.75, 3.05) is 10.6 Å².